The summed E-state index contributed by atoms with van der Waals surface area (Å²) in [4.78, 5) is 19.7. The van der Waals surface area contributed by atoms with Crippen LogP contribution in [0.2, 0.25) is 0 Å². The van der Waals surface area contributed by atoms with Crippen molar-refractivity contribution in [3.05, 3.63) is 0 Å². The van der Waals surface area contributed by atoms with E-state index in [2.05, 4.69) is 29.0 Å². The van der Waals surface area contributed by atoms with Crippen LogP contribution in [0.15, 0.2) is 0 Å². The van der Waals surface area contributed by atoms with Gasteiger partial charge < -0.3 is 15.0 Å². The molecule has 0 aromatic heterocycles. The quantitative estimate of drug-likeness (QED) is 0.798. The number of likely N-dealkylation sites (tertiary alicyclic amines) is 1. The maximum Gasteiger partial charge on any atom is 0.410 e. The SMILES string of the molecule is C[C@H]1CN(C2(C)CCN(C(=O)OC(C)(C)C)CC2)CCN1CC1CCNCC1. The van der Waals surface area contributed by atoms with E-state index in [4.69, 9.17) is 4.74 Å². The highest BCUT2D eigenvalue weighted by Crippen LogP contribution is 2.31. The van der Waals surface area contributed by atoms with E-state index >= 15 is 0 Å². The number of carbonyl (C=O) groups excluding carboxylic acids is 1. The van der Waals surface area contributed by atoms with Crippen molar-refractivity contribution in [1.82, 2.24) is 20.0 Å². The second-order valence-corrected chi connectivity index (χ2v) is 10.4. The van der Waals surface area contributed by atoms with Crippen LogP contribution in [0.5, 0.6) is 0 Å². The molecule has 0 aromatic carbocycles. The predicted octanol–water partition coefficient (Wildman–Crippen LogP) is 2.78. The van der Waals surface area contributed by atoms with Gasteiger partial charge in [0, 0.05) is 50.8 Å². The topological polar surface area (TPSA) is 48.1 Å². The molecule has 0 spiro atoms. The van der Waals surface area contributed by atoms with Crippen LogP contribution in [0.3, 0.4) is 0 Å². The summed E-state index contributed by atoms with van der Waals surface area (Å²) in [7, 11) is 0. The lowest BCUT2D eigenvalue weighted by atomic mass is 9.86. The fourth-order valence-electron chi connectivity index (χ4n) is 4.97. The minimum atomic E-state index is -0.419. The van der Waals surface area contributed by atoms with Crippen molar-refractivity contribution < 1.29 is 9.53 Å². The van der Waals surface area contributed by atoms with Gasteiger partial charge in [-0.05, 0) is 79.3 Å². The second kappa shape index (κ2) is 8.88. The molecule has 0 radical (unpaired) electrons. The van der Waals surface area contributed by atoms with Crippen molar-refractivity contribution >= 4 is 6.09 Å². The second-order valence-electron chi connectivity index (χ2n) is 10.4. The van der Waals surface area contributed by atoms with Crippen LogP contribution in [-0.2, 0) is 4.74 Å². The van der Waals surface area contributed by atoms with E-state index in [0.717, 1.165) is 44.9 Å². The third-order valence-corrected chi connectivity index (χ3v) is 6.97. The van der Waals surface area contributed by atoms with E-state index in [-0.39, 0.29) is 11.6 Å². The lowest BCUT2D eigenvalue weighted by molar-refractivity contribution is -0.0311. The molecule has 0 saturated carbocycles. The normalized spacial score (nSPS) is 28.3. The maximum absolute atomic E-state index is 12.4. The summed E-state index contributed by atoms with van der Waals surface area (Å²) in [5.41, 5.74) is -0.217. The van der Waals surface area contributed by atoms with Gasteiger partial charge in [0.1, 0.15) is 5.60 Å². The Labute approximate surface area is 171 Å². The summed E-state index contributed by atoms with van der Waals surface area (Å²) < 4.78 is 5.56. The van der Waals surface area contributed by atoms with Crippen LogP contribution in [0.25, 0.3) is 0 Å². The van der Waals surface area contributed by atoms with Gasteiger partial charge in [-0.1, -0.05) is 0 Å². The van der Waals surface area contributed by atoms with Gasteiger partial charge in [-0.15, -0.1) is 0 Å². The smallest absolute Gasteiger partial charge is 0.410 e. The molecule has 3 rings (SSSR count). The largest absolute Gasteiger partial charge is 0.444 e. The molecule has 6 nitrogen and oxygen atoms in total. The molecule has 0 unspecified atom stereocenters. The van der Waals surface area contributed by atoms with Gasteiger partial charge >= 0.3 is 6.09 Å². The third kappa shape index (κ3) is 5.61. The molecule has 3 aliphatic heterocycles. The Morgan fingerprint density at radius 2 is 1.75 bits per heavy atom. The summed E-state index contributed by atoms with van der Waals surface area (Å²) >= 11 is 0. The van der Waals surface area contributed by atoms with Gasteiger partial charge in [0.2, 0.25) is 0 Å². The highest BCUT2D eigenvalue weighted by atomic mass is 16.6. The molecule has 6 heteroatoms. The Hall–Kier alpha value is -0.850. The van der Waals surface area contributed by atoms with Crippen molar-refractivity contribution in [3.8, 4) is 0 Å². The number of piperazine rings is 1. The molecular weight excluding hydrogens is 352 g/mol. The first-order chi connectivity index (χ1) is 13.2. The minimum absolute atomic E-state index is 0.158. The number of hydrogen-bond acceptors (Lipinski definition) is 5. The number of amides is 1. The summed E-state index contributed by atoms with van der Waals surface area (Å²) in [6.07, 6.45) is 4.56. The van der Waals surface area contributed by atoms with E-state index in [1.165, 1.54) is 39.0 Å². The molecule has 1 N–H and O–H groups in total. The molecule has 0 bridgehead atoms. The van der Waals surface area contributed by atoms with Gasteiger partial charge in [-0.25, -0.2) is 4.79 Å². The van der Waals surface area contributed by atoms with E-state index in [9.17, 15) is 4.79 Å². The van der Waals surface area contributed by atoms with Gasteiger partial charge in [-0.2, -0.15) is 0 Å². The number of piperidine rings is 2. The molecule has 3 aliphatic rings. The molecule has 1 atom stereocenters. The van der Waals surface area contributed by atoms with E-state index in [0.29, 0.717) is 6.04 Å². The Morgan fingerprint density at radius 1 is 1.11 bits per heavy atom. The fourth-order valence-corrected chi connectivity index (χ4v) is 4.97. The highest BCUT2D eigenvalue weighted by Gasteiger charge is 2.40. The lowest BCUT2D eigenvalue weighted by Crippen LogP contribution is -2.62. The maximum atomic E-state index is 12.4. The average molecular weight is 395 g/mol. The average Bonchev–Trinajstić information content (AvgIpc) is 2.63. The number of nitrogens with one attached hydrogen (secondary N) is 1. The summed E-state index contributed by atoms with van der Waals surface area (Å²) in [5, 5.41) is 3.48. The first kappa shape index (κ1) is 21.8. The highest BCUT2D eigenvalue weighted by molar-refractivity contribution is 5.68. The number of hydrogen-bond donors (Lipinski definition) is 1. The molecule has 162 valence electrons. The Morgan fingerprint density at radius 3 is 2.32 bits per heavy atom. The van der Waals surface area contributed by atoms with E-state index in [1.807, 2.05) is 25.7 Å². The number of rotatable bonds is 3. The zero-order valence-electron chi connectivity index (χ0n) is 18.8. The fraction of sp³-hybridized carbons (Fsp3) is 0.955. The van der Waals surface area contributed by atoms with Crippen LogP contribution in [-0.4, -0.2) is 90.3 Å². The van der Waals surface area contributed by atoms with Crippen molar-refractivity contribution in [3.63, 3.8) is 0 Å². The summed E-state index contributed by atoms with van der Waals surface area (Å²) in [6.45, 7) is 19.3. The van der Waals surface area contributed by atoms with Gasteiger partial charge in [0.25, 0.3) is 0 Å². The Balaban J connectivity index is 1.47. The molecule has 3 fully saturated rings. The predicted molar refractivity (Wildman–Crippen MR) is 114 cm³/mol. The molecule has 28 heavy (non-hydrogen) atoms. The number of ether oxygens (including phenoxy) is 1. The van der Waals surface area contributed by atoms with Crippen LogP contribution >= 0.6 is 0 Å². The van der Waals surface area contributed by atoms with Crippen molar-refractivity contribution in [2.45, 2.75) is 77.5 Å². The Bertz CT molecular complexity index is 519. The van der Waals surface area contributed by atoms with Crippen LogP contribution in [0.1, 0.15) is 60.3 Å². The minimum Gasteiger partial charge on any atom is -0.444 e. The van der Waals surface area contributed by atoms with Gasteiger partial charge in [-0.3, -0.25) is 9.80 Å². The van der Waals surface area contributed by atoms with Crippen LogP contribution in [0.4, 0.5) is 4.79 Å². The summed E-state index contributed by atoms with van der Waals surface area (Å²) in [6, 6.07) is 0.615. The number of carbonyl (C=O) groups is 1. The molecule has 0 aromatic rings. The lowest BCUT2D eigenvalue weighted by Gasteiger charge is -2.52. The first-order valence-electron chi connectivity index (χ1n) is 11.3. The van der Waals surface area contributed by atoms with E-state index < -0.39 is 5.60 Å². The van der Waals surface area contributed by atoms with E-state index in [1.54, 1.807) is 0 Å². The monoisotopic (exact) mass is 394 g/mol. The molecule has 3 heterocycles. The molecule has 1 amide bonds. The zero-order valence-corrected chi connectivity index (χ0v) is 18.8. The number of nitrogens with zero attached hydrogens (tertiary/aromatic N) is 3. The van der Waals surface area contributed by atoms with Crippen molar-refractivity contribution in [2.24, 2.45) is 5.92 Å². The molecule has 0 aliphatic carbocycles. The molecular formula is C22H42N4O2. The standard InChI is InChI=1S/C22H42N4O2/c1-18-16-26(15-14-25(18)17-19-6-10-23-11-7-19)22(5)8-12-24(13-9-22)20(27)28-21(2,3)4/h18-19,23H,6-17H2,1-5H3/t18-/m0/s1. The van der Waals surface area contributed by atoms with Crippen molar-refractivity contribution in [1.29, 1.82) is 0 Å². The van der Waals surface area contributed by atoms with Crippen LogP contribution in [0, 0.1) is 5.92 Å². The molecule has 3 saturated heterocycles. The van der Waals surface area contributed by atoms with Crippen molar-refractivity contribution in [2.75, 3.05) is 52.4 Å². The first-order valence-corrected chi connectivity index (χ1v) is 11.3. The summed E-state index contributed by atoms with van der Waals surface area (Å²) in [5.74, 6) is 0.864. The zero-order chi connectivity index (χ0) is 20.4. The van der Waals surface area contributed by atoms with Crippen LogP contribution < -0.4 is 5.32 Å². The third-order valence-electron chi connectivity index (χ3n) is 6.97. The van der Waals surface area contributed by atoms with Gasteiger partial charge in [0.05, 0.1) is 0 Å². The Kier molecular flexibility index (Phi) is 6.93. The van der Waals surface area contributed by atoms with Gasteiger partial charge in [0.15, 0.2) is 0 Å².